The lowest BCUT2D eigenvalue weighted by Gasteiger charge is -2.01. The smallest absolute Gasteiger partial charge is 0.170 e. The zero-order valence-electron chi connectivity index (χ0n) is 7.57. The lowest BCUT2D eigenvalue weighted by molar-refractivity contribution is 1.06. The fourth-order valence-corrected chi connectivity index (χ4v) is 2.06. The Balaban J connectivity index is 2.33. The van der Waals surface area contributed by atoms with Crippen LogP contribution in [0.1, 0.15) is 5.56 Å². The van der Waals surface area contributed by atoms with Crippen molar-refractivity contribution in [2.75, 3.05) is 0 Å². The highest BCUT2D eigenvalue weighted by Crippen LogP contribution is 2.29. The van der Waals surface area contributed by atoms with Crippen LogP contribution in [0.15, 0.2) is 40.6 Å². The van der Waals surface area contributed by atoms with Gasteiger partial charge in [0.1, 0.15) is 6.07 Å². The van der Waals surface area contributed by atoms with Gasteiger partial charge in [-0.05, 0) is 18.2 Å². The Labute approximate surface area is 96.1 Å². The van der Waals surface area contributed by atoms with Gasteiger partial charge in [0.25, 0.3) is 0 Å². The maximum atomic E-state index is 8.92. The number of nitrogens with one attached hydrogen (secondary N) is 1. The largest absolute Gasteiger partial charge is 0.339 e. The van der Waals surface area contributed by atoms with E-state index >= 15 is 0 Å². The number of aromatic amines is 1. The third-order valence-corrected chi connectivity index (χ3v) is 2.97. The molecule has 15 heavy (non-hydrogen) atoms. The highest BCUT2D eigenvalue weighted by Gasteiger charge is 2.05. The summed E-state index contributed by atoms with van der Waals surface area (Å²) in [6, 6.07) is 7.32. The number of hydrogen-bond acceptors (Lipinski definition) is 3. The molecule has 0 amide bonds. The number of rotatable bonds is 2. The summed E-state index contributed by atoms with van der Waals surface area (Å²) in [7, 11) is 0. The first-order valence-corrected chi connectivity index (χ1v) is 5.36. The molecular formula is C10H6ClN3S. The van der Waals surface area contributed by atoms with Gasteiger partial charge < -0.3 is 4.98 Å². The third-order valence-electron chi connectivity index (χ3n) is 1.74. The Bertz CT molecular complexity index is 502. The van der Waals surface area contributed by atoms with Crippen molar-refractivity contribution in [2.45, 2.75) is 10.1 Å². The highest BCUT2D eigenvalue weighted by atomic mass is 35.5. The minimum absolute atomic E-state index is 0.559. The molecular weight excluding hydrogens is 230 g/mol. The summed E-state index contributed by atoms with van der Waals surface area (Å²) in [5.74, 6) is 0. The minimum Gasteiger partial charge on any atom is -0.339 e. The van der Waals surface area contributed by atoms with Gasteiger partial charge >= 0.3 is 0 Å². The average molecular weight is 236 g/mol. The molecule has 5 heteroatoms. The van der Waals surface area contributed by atoms with E-state index in [9.17, 15) is 0 Å². The van der Waals surface area contributed by atoms with Crippen molar-refractivity contribution < 1.29 is 0 Å². The maximum Gasteiger partial charge on any atom is 0.170 e. The molecule has 0 saturated heterocycles. The van der Waals surface area contributed by atoms with Crippen LogP contribution in [0.25, 0.3) is 0 Å². The Morgan fingerprint density at radius 1 is 1.47 bits per heavy atom. The molecule has 1 aromatic heterocycles. The third kappa shape index (κ3) is 2.32. The molecule has 0 fully saturated rings. The van der Waals surface area contributed by atoms with Crippen LogP contribution < -0.4 is 0 Å². The number of hydrogen-bond donors (Lipinski definition) is 1. The highest BCUT2D eigenvalue weighted by molar-refractivity contribution is 7.99. The second kappa shape index (κ2) is 4.39. The topological polar surface area (TPSA) is 52.5 Å². The van der Waals surface area contributed by atoms with Crippen LogP contribution in [0.2, 0.25) is 5.02 Å². The van der Waals surface area contributed by atoms with E-state index in [-0.39, 0.29) is 0 Å². The van der Waals surface area contributed by atoms with Gasteiger partial charge in [-0.3, -0.25) is 0 Å². The van der Waals surface area contributed by atoms with Crippen LogP contribution in [0.3, 0.4) is 0 Å². The van der Waals surface area contributed by atoms with Crippen LogP contribution in [0, 0.1) is 11.3 Å². The summed E-state index contributed by atoms with van der Waals surface area (Å²) >= 11 is 7.20. The first-order valence-electron chi connectivity index (χ1n) is 4.16. The van der Waals surface area contributed by atoms with E-state index in [4.69, 9.17) is 16.9 Å². The molecule has 2 rings (SSSR count). The first kappa shape index (κ1) is 10.1. The van der Waals surface area contributed by atoms with Gasteiger partial charge in [-0.2, -0.15) is 5.26 Å². The molecule has 0 aliphatic heterocycles. The molecule has 0 aliphatic rings. The Morgan fingerprint density at radius 2 is 2.33 bits per heavy atom. The van der Waals surface area contributed by atoms with Gasteiger partial charge in [-0.25, -0.2) is 4.98 Å². The van der Waals surface area contributed by atoms with Crippen molar-refractivity contribution in [1.29, 1.82) is 5.26 Å². The van der Waals surface area contributed by atoms with Gasteiger partial charge in [0.15, 0.2) is 5.16 Å². The number of halogens is 1. The van der Waals surface area contributed by atoms with E-state index < -0.39 is 0 Å². The molecule has 0 bridgehead atoms. The predicted octanol–water partition coefficient (Wildman–Crippen LogP) is 3.09. The van der Waals surface area contributed by atoms with E-state index in [1.54, 1.807) is 24.5 Å². The molecule has 0 atom stereocenters. The Kier molecular flexibility index (Phi) is 2.95. The molecule has 0 saturated carbocycles. The maximum absolute atomic E-state index is 8.92. The second-order valence-electron chi connectivity index (χ2n) is 2.75. The van der Waals surface area contributed by atoms with Gasteiger partial charge in [-0.15, -0.1) is 0 Å². The molecule has 1 N–H and O–H groups in total. The summed E-state index contributed by atoms with van der Waals surface area (Å²) < 4.78 is 0. The normalized spacial score (nSPS) is 9.87. The summed E-state index contributed by atoms with van der Waals surface area (Å²) in [4.78, 5) is 7.88. The lowest BCUT2D eigenvalue weighted by Crippen LogP contribution is -1.82. The molecule has 0 aliphatic carbocycles. The number of H-pyrrole nitrogens is 1. The van der Waals surface area contributed by atoms with E-state index in [0.717, 1.165) is 10.1 Å². The zero-order chi connectivity index (χ0) is 10.7. The van der Waals surface area contributed by atoms with E-state index in [1.807, 2.05) is 6.07 Å². The van der Waals surface area contributed by atoms with Crippen molar-refractivity contribution in [3.8, 4) is 6.07 Å². The van der Waals surface area contributed by atoms with Gasteiger partial charge in [0.2, 0.25) is 0 Å². The second-order valence-corrected chi connectivity index (χ2v) is 4.22. The average Bonchev–Trinajstić information content (AvgIpc) is 2.73. The molecule has 0 spiro atoms. The van der Waals surface area contributed by atoms with Crippen LogP contribution in [0.4, 0.5) is 0 Å². The fourth-order valence-electron chi connectivity index (χ4n) is 1.09. The van der Waals surface area contributed by atoms with Crippen LogP contribution >= 0.6 is 23.4 Å². The predicted molar refractivity (Wildman–Crippen MR) is 58.9 cm³/mol. The van der Waals surface area contributed by atoms with Crippen molar-refractivity contribution in [1.82, 2.24) is 9.97 Å². The van der Waals surface area contributed by atoms with E-state index in [1.165, 1.54) is 11.8 Å². The van der Waals surface area contributed by atoms with Crippen molar-refractivity contribution in [3.63, 3.8) is 0 Å². The van der Waals surface area contributed by atoms with Crippen molar-refractivity contribution in [3.05, 3.63) is 41.2 Å². The lowest BCUT2D eigenvalue weighted by atomic mass is 10.2. The molecule has 1 aromatic carbocycles. The van der Waals surface area contributed by atoms with E-state index in [0.29, 0.717) is 10.6 Å². The number of benzene rings is 1. The number of aromatic nitrogens is 2. The number of imidazole rings is 1. The quantitative estimate of drug-likeness (QED) is 0.870. The molecule has 1 heterocycles. The Hall–Kier alpha value is -1.44. The van der Waals surface area contributed by atoms with Crippen LogP contribution in [-0.4, -0.2) is 9.97 Å². The summed E-state index contributed by atoms with van der Waals surface area (Å²) in [5.41, 5.74) is 0.559. The number of nitriles is 1. The standard InChI is InChI=1S/C10H6ClN3S/c11-8-1-2-9(7(5-8)6-12)15-10-13-3-4-14-10/h1-5H,(H,13,14). The SMILES string of the molecule is N#Cc1cc(Cl)ccc1Sc1ncc[nH]1. The minimum atomic E-state index is 0.559. The van der Waals surface area contributed by atoms with Gasteiger partial charge in [0.05, 0.1) is 5.56 Å². The van der Waals surface area contributed by atoms with Crippen LogP contribution in [0.5, 0.6) is 0 Å². The first-order chi connectivity index (χ1) is 7.29. The fraction of sp³-hybridized carbons (Fsp3) is 0. The van der Waals surface area contributed by atoms with Crippen LogP contribution in [-0.2, 0) is 0 Å². The van der Waals surface area contributed by atoms with Crippen molar-refractivity contribution in [2.24, 2.45) is 0 Å². The summed E-state index contributed by atoms with van der Waals surface area (Å²) in [6.45, 7) is 0. The monoisotopic (exact) mass is 235 g/mol. The Morgan fingerprint density at radius 3 is 3.00 bits per heavy atom. The molecule has 2 aromatic rings. The zero-order valence-corrected chi connectivity index (χ0v) is 9.14. The molecule has 3 nitrogen and oxygen atoms in total. The van der Waals surface area contributed by atoms with Gasteiger partial charge in [0, 0.05) is 22.3 Å². The van der Waals surface area contributed by atoms with Crippen molar-refractivity contribution >= 4 is 23.4 Å². The molecule has 74 valence electrons. The molecule has 0 unspecified atom stereocenters. The van der Waals surface area contributed by atoms with E-state index in [2.05, 4.69) is 16.0 Å². The summed E-state index contributed by atoms with van der Waals surface area (Å²) in [5, 5.41) is 10.2. The number of nitrogens with zero attached hydrogens (tertiary/aromatic N) is 2. The summed E-state index contributed by atoms with van der Waals surface area (Å²) in [6.07, 6.45) is 3.41. The van der Waals surface area contributed by atoms with Gasteiger partial charge in [-0.1, -0.05) is 23.4 Å². The molecule has 0 radical (unpaired) electrons.